The minimum Gasteiger partial charge on any atom is -0.391 e. The fraction of sp³-hybridized carbons (Fsp3) is 0.333. The molecule has 0 aliphatic heterocycles. The molecule has 6 heteroatoms. The summed E-state index contributed by atoms with van der Waals surface area (Å²) in [4.78, 5) is 12.1. The number of halogens is 2. The first-order valence-electron chi connectivity index (χ1n) is 8.78. The maximum absolute atomic E-state index is 6.02. The van der Waals surface area contributed by atoms with Gasteiger partial charge in [-0.05, 0) is 68.7 Å². The van der Waals surface area contributed by atoms with Gasteiger partial charge in [-0.1, -0.05) is 34.4 Å². The summed E-state index contributed by atoms with van der Waals surface area (Å²) in [5.74, 6) is 0. The van der Waals surface area contributed by atoms with Gasteiger partial charge in [-0.15, -0.1) is 0 Å². The Hall–Kier alpha value is -2.04. The molecule has 0 amide bonds. The highest BCUT2D eigenvalue weighted by Crippen LogP contribution is 2.25. The van der Waals surface area contributed by atoms with Gasteiger partial charge in [0.15, 0.2) is 0 Å². The summed E-state index contributed by atoms with van der Waals surface area (Å²) in [6.07, 6.45) is 1.85. The van der Waals surface area contributed by atoms with Crippen LogP contribution in [0.5, 0.6) is 0 Å². The van der Waals surface area contributed by atoms with Crippen LogP contribution in [-0.4, -0.2) is 30.5 Å². The largest absolute Gasteiger partial charge is 0.391 e. The fourth-order valence-corrected chi connectivity index (χ4v) is 2.78. The number of aliphatic imine (C=N–C) groups is 1. The Morgan fingerprint density at radius 1 is 1.11 bits per heavy atom. The number of oxime groups is 1. The molecule has 144 valence electrons. The van der Waals surface area contributed by atoms with Crippen LogP contribution in [0.3, 0.4) is 0 Å². The maximum atomic E-state index is 6.02. The van der Waals surface area contributed by atoms with Crippen LogP contribution in [0.15, 0.2) is 40.5 Å². The SMILES string of the molecule is CCN(C)C=Nc1cc(C)c(/C(C)=N/OCc2ccc(Cl)c(Cl)c2)cc1C. The Morgan fingerprint density at radius 2 is 1.85 bits per heavy atom. The van der Waals surface area contributed by atoms with Gasteiger partial charge in [-0.25, -0.2) is 4.99 Å². The average Bonchev–Trinajstić information content (AvgIpc) is 2.64. The topological polar surface area (TPSA) is 37.2 Å². The van der Waals surface area contributed by atoms with E-state index in [9.17, 15) is 0 Å². The molecule has 0 N–H and O–H groups in total. The van der Waals surface area contributed by atoms with Crippen molar-refractivity contribution in [2.24, 2.45) is 10.1 Å². The zero-order chi connectivity index (χ0) is 20.0. The third-order valence-electron chi connectivity index (χ3n) is 4.24. The Kier molecular flexibility index (Phi) is 7.69. The number of nitrogens with zero attached hydrogens (tertiary/aromatic N) is 3. The lowest BCUT2D eigenvalue weighted by Crippen LogP contribution is -2.14. The highest BCUT2D eigenvalue weighted by atomic mass is 35.5. The Labute approximate surface area is 171 Å². The molecule has 0 aliphatic carbocycles. The minimum atomic E-state index is 0.331. The van der Waals surface area contributed by atoms with Crippen LogP contribution in [0.2, 0.25) is 10.0 Å². The molecule has 0 aliphatic rings. The van der Waals surface area contributed by atoms with Gasteiger partial charge < -0.3 is 9.74 Å². The van der Waals surface area contributed by atoms with E-state index in [0.717, 1.165) is 40.2 Å². The predicted octanol–water partition coefficient (Wildman–Crippen LogP) is 6.16. The normalized spacial score (nSPS) is 11.9. The Morgan fingerprint density at radius 3 is 2.52 bits per heavy atom. The number of hydrogen-bond donors (Lipinski definition) is 0. The summed E-state index contributed by atoms with van der Waals surface area (Å²) in [5.41, 5.74) is 5.93. The first-order valence-corrected chi connectivity index (χ1v) is 9.54. The zero-order valence-electron chi connectivity index (χ0n) is 16.4. The van der Waals surface area contributed by atoms with Crippen molar-refractivity contribution in [2.45, 2.75) is 34.3 Å². The van der Waals surface area contributed by atoms with Crippen molar-refractivity contribution >= 4 is 40.9 Å². The second-order valence-electron chi connectivity index (χ2n) is 6.47. The van der Waals surface area contributed by atoms with Crippen LogP contribution in [0.25, 0.3) is 0 Å². The molecule has 2 aromatic rings. The highest BCUT2D eigenvalue weighted by molar-refractivity contribution is 6.42. The van der Waals surface area contributed by atoms with Gasteiger partial charge in [0.05, 0.1) is 27.8 Å². The van der Waals surface area contributed by atoms with E-state index in [-0.39, 0.29) is 0 Å². The summed E-state index contributed by atoms with van der Waals surface area (Å²) in [6.45, 7) is 9.37. The molecule has 0 radical (unpaired) electrons. The molecule has 0 heterocycles. The lowest BCUT2D eigenvalue weighted by atomic mass is 10.0. The van der Waals surface area contributed by atoms with Gasteiger partial charge >= 0.3 is 0 Å². The second kappa shape index (κ2) is 9.77. The molecule has 0 bridgehead atoms. The summed E-state index contributed by atoms with van der Waals surface area (Å²) >= 11 is 11.9. The van der Waals surface area contributed by atoms with E-state index in [1.807, 2.05) is 38.2 Å². The Balaban J connectivity index is 2.11. The first-order chi connectivity index (χ1) is 12.8. The number of hydrogen-bond acceptors (Lipinski definition) is 3. The molecule has 0 aromatic heterocycles. The van der Waals surface area contributed by atoms with Crippen LogP contribution in [0.1, 0.15) is 36.1 Å². The van der Waals surface area contributed by atoms with Crippen LogP contribution in [0.4, 0.5) is 5.69 Å². The summed E-state index contributed by atoms with van der Waals surface area (Å²) in [6, 6.07) is 9.57. The van der Waals surface area contributed by atoms with Crippen LogP contribution >= 0.6 is 23.2 Å². The van der Waals surface area contributed by atoms with Gasteiger partial charge in [0.2, 0.25) is 0 Å². The average molecular weight is 406 g/mol. The van der Waals surface area contributed by atoms with Crippen LogP contribution in [0, 0.1) is 13.8 Å². The molecule has 0 fully saturated rings. The number of benzene rings is 2. The standard InChI is InChI=1S/C21H25Cl2N3O/c1-6-26(5)13-24-21-10-14(2)18(9-15(21)3)16(4)25-27-12-17-7-8-19(22)20(23)11-17/h7-11,13H,6,12H2,1-5H3/b24-13?,25-16+. The van der Waals surface area contributed by atoms with E-state index in [0.29, 0.717) is 16.7 Å². The molecule has 2 aromatic carbocycles. The summed E-state index contributed by atoms with van der Waals surface area (Å²) < 4.78 is 0. The lowest BCUT2D eigenvalue weighted by Gasteiger charge is -2.12. The molecule has 0 saturated heterocycles. The van der Waals surface area contributed by atoms with Crippen molar-refractivity contribution in [3.05, 3.63) is 62.6 Å². The lowest BCUT2D eigenvalue weighted by molar-refractivity contribution is 0.130. The molecule has 0 saturated carbocycles. The molecule has 0 spiro atoms. The minimum absolute atomic E-state index is 0.331. The molecule has 0 unspecified atom stereocenters. The van der Waals surface area contributed by atoms with E-state index in [1.165, 1.54) is 0 Å². The number of rotatable bonds is 7. The molecular formula is C21H25Cl2N3O. The van der Waals surface area contributed by atoms with Crippen molar-refractivity contribution < 1.29 is 4.84 Å². The zero-order valence-corrected chi connectivity index (χ0v) is 17.9. The maximum Gasteiger partial charge on any atom is 0.142 e. The van der Waals surface area contributed by atoms with Crippen molar-refractivity contribution in [3.63, 3.8) is 0 Å². The van der Waals surface area contributed by atoms with Crippen molar-refractivity contribution in [2.75, 3.05) is 13.6 Å². The molecule has 27 heavy (non-hydrogen) atoms. The van der Waals surface area contributed by atoms with Crippen LogP contribution < -0.4 is 0 Å². The van der Waals surface area contributed by atoms with E-state index in [4.69, 9.17) is 28.0 Å². The molecular weight excluding hydrogens is 381 g/mol. The first kappa shape index (κ1) is 21.3. The third-order valence-corrected chi connectivity index (χ3v) is 4.98. The smallest absolute Gasteiger partial charge is 0.142 e. The Bertz CT molecular complexity index is 863. The van der Waals surface area contributed by atoms with E-state index < -0.39 is 0 Å². The van der Waals surface area contributed by atoms with Gasteiger partial charge in [0.25, 0.3) is 0 Å². The van der Waals surface area contributed by atoms with Gasteiger partial charge in [-0.3, -0.25) is 0 Å². The summed E-state index contributed by atoms with van der Waals surface area (Å²) in [7, 11) is 2.00. The highest BCUT2D eigenvalue weighted by Gasteiger charge is 2.08. The van der Waals surface area contributed by atoms with Crippen molar-refractivity contribution in [1.82, 2.24) is 4.90 Å². The van der Waals surface area contributed by atoms with Crippen molar-refractivity contribution in [1.29, 1.82) is 0 Å². The van der Waals surface area contributed by atoms with E-state index >= 15 is 0 Å². The quantitative estimate of drug-likeness (QED) is 0.314. The van der Waals surface area contributed by atoms with Gasteiger partial charge in [0.1, 0.15) is 6.61 Å². The molecule has 2 rings (SSSR count). The molecule has 0 atom stereocenters. The fourth-order valence-electron chi connectivity index (χ4n) is 2.45. The summed E-state index contributed by atoms with van der Waals surface area (Å²) in [5, 5.41) is 5.29. The van der Waals surface area contributed by atoms with Crippen molar-refractivity contribution in [3.8, 4) is 0 Å². The van der Waals surface area contributed by atoms with Gasteiger partial charge in [0, 0.05) is 19.2 Å². The van der Waals surface area contributed by atoms with Gasteiger partial charge in [-0.2, -0.15) is 0 Å². The predicted molar refractivity (Wildman–Crippen MR) is 116 cm³/mol. The second-order valence-corrected chi connectivity index (χ2v) is 7.28. The van der Waals surface area contributed by atoms with E-state index in [1.54, 1.807) is 12.1 Å². The molecule has 4 nitrogen and oxygen atoms in total. The third kappa shape index (κ3) is 5.98. The number of aryl methyl sites for hydroxylation is 2. The van der Waals surface area contributed by atoms with Crippen LogP contribution in [-0.2, 0) is 11.4 Å². The monoisotopic (exact) mass is 405 g/mol. The van der Waals surface area contributed by atoms with E-state index in [2.05, 4.69) is 36.1 Å².